The number of anilines is 2. The van der Waals surface area contributed by atoms with Crippen LogP contribution in [0.5, 0.6) is 0 Å². The van der Waals surface area contributed by atoms with E-state index in [0.717, 1.165) is 12.2 Å². The number of pyridine rings is 1. The summed E-state index contributed by atoms with van der Waals surface area (Å²) >= 11 is 0. The van der Waals surface area contributed by atoms with E-state index < -0.39 is 0 Å². The third-order valence-electron chi connectivity index (χ3n) is 4.18. The molecule has 1 aromatic heterocycles. The summed E-state index contributed by atoms with van der Waals surface area (Å²) in [5, 5.41) is 2.90. The maximum atomic E-state index is 12.1. The van der Waals surface area contributed by atoms with Gasteiger partial charge in [-0.05, 0) is 62.6 Å². The molecule has 1 amide bonds. The highest BCUT2D eigenvalue weighted by atomic mass is 16.1. The molecule has 4 heteroatoms. The molecule has 1 atom stereocenters. The van der Waals surface area contributed by atoms with Gasteiger partial charge in [-0.2, -0.15) is 0 Å². The molecule has 114 valence electrons. The Morgan fingerprint density at radius 2 is 2.05 bits per heavy atom. The summed E-state index contributed by atoms with van der Waals surface area (Å²) in [6, 6.07) is 12.2. The molecule has 3 rings (SSSR count). The smallest absolute Gasteiger partial charge is 0.257 e. The Labute approximate surface area is 131 Å². The van der Waals surface area contributed by atoms with E-state index in [-0.39, 0.29) is 5.91 Å². The van der Waals surface area contributed by atoms with Crippen molar-refractivity contribution in [1.82, 2.24) is 4.98 Å². The van der Waals surface area contributed by atoms with E-state index in [2.05, 4.69) is 34.3 Å². The Balaban J connectivity index is 1.68. The molecule has 1 unspecified atom stereocenters. The molecule has 0 bridgehead atoms. The largest absolute Gasteiger partial charge is 0.369 e. The van der Waals surface area contributed by atoms with Crippen molar-refractivity contribution in [2.75, 3.05) is 16.8 Å². The second-order valence-electron chi connectivity index (χ2n) is 5.78. The molecule has 1 N–H and O–H groups in total. The third-order valence-corrected chi connectivity index (χ3v) is 4.18. The van der Waals surface area contributed by atoms with E-state index in [1.807, 2.05) is 12.1 Å². The number of carbonyl (C=O) groups excluding carboxylic acids is 1. The number of benzene rings is 1. The van der Waals surface area contributed by atoms with Crippen molar-refractivity contribution in [3.8, 4) is 0 Å². The Hall–Kier alpha value is -2.36. The average Bonchev–Trinajstić information content (AvgIpc) is 2.57. The molecule has 1 aromatic carbocycles. The van der Waals surface area contributed by atoms with Crippen LogP contribution in [-0.2, 0) is 0 Å². The molecule has 0 radical (unpaired) electrons. The quantitative estimate of drug-likeness (QED) is 0.938. The second-order valence-corrected chi connectivity index (χ2v) is 5.78. The van der Waals surface area contributed by atoms with Crippen LogP contribution < -0.4 is 10.2 Å². The lowest BCUT2D eigenvalue weighted by molar-refractivity contribution is 0.102. The minimum Gasteiger partial charge on any atom is -0.369 e. The molecule has 0 saturated carbocycles. The van der Waals surface area contributed by atoms with Gasteiger partial charge in [0.25, 0.3) is 5.91 Å². The lowest BCUT2D eigenvalue weighted by Crippen LogP contribution is -2.37. The monoisotopic (exact) mass is 295 g/mol. The molecule has 0 aliphatic carbocycles. The molecule has 1 aliphatic heterocycles. The van der Waals surface area contributed by atoms with Gasteiger partial charge in [-0.25, -0.2) is 0 Å². The lowest BCUT2D eigenvalue weighted by Gasteiger charge is -2.35. The van der Waals surface area contributed by atoms with E-state index in [1.54, 1.807) is 24.5 Å². The van der Waals surface area contributed by atoms with Crippen molar-refractivity contribution in [1.29, 1.82) is 0 Å². The summed E-state index contributed by atoms with van der Waals surface area (Å²) in [5.74, 6) is -0.132. The van der Waals surface area contributed by atoms with Crippen LogP contribution in [0.4, 0.5) is 11.4 Å². The van der Waals surface area contributed by atoms with Crippen LogP contribution in [0.3, 0.4) is 0 Å². The highest BCUT2D eigenvalue weighted by Crippen LogP contribution is 2.25. The predicted molar refractivity (Wildman–Crippen MR) is 89.3 cm³/mol. The van der Waals surface area contributed by atoms with Gasteiger partial charge in [-0.1, -0.05) is 0 Å². The first-order valence-corrected chi connectivity index (χ1v) is 7.82. The first-order chi connectivity index (χ1) is 10.7. The summed E-state index contributed by atoms with van der Waals surface area (Å²) in [7, 11) is 0. The van der Waals surface area contributed by atoms with Crippen LogP contribution in [0, 0.1) is 0 Å². The number of nitrogens with one attached hydrogen (secondary N) is 1. The topological polar surface area (TPSA) is 45.2 Å². The summed E-state index contributed by atoms with van der Waals surface area (Å²) < 4.78 is 0. The third kappa shape index (κ3) is 3.27. The first kappa shape index (κ1) is 14.6. The molecule has 0 spiro atoms. The van der Waals surface area contributed by atoms with Gasteiger partial charge in [0.2, 0.25) is 0 Å². The molecule has 1 aliphatic rings. The maximum Gasteiger partial charge on any atom is 0.257 e. The van der Waals surface area contributed by atoms with Crippen LogP contribution in [0.15, 0.2) is 48.8 Å². The van der Waals surface area contributed by atoms with E-state index in [1.165, 1.54) is 24.9 Å². The van der Waals surface area contributed by atoms with Gasteiger partial charge in [0.1, 0.15) is 0 Å². The number of amides is 1. The fourth-order valence-corrected chi connectivity index (χ4v) is 2.92. The summed E-state index contributed by atoms with van der Waals surface area (Å²) in [5.41, 5.74) is 2.60. The van der Waals surface area contributed by atoms with E-state index in [4.69, 9.17) is 0 Å². The first-order valence-electron chi connectivity index (χ1n) is 7.82. The Morgan fingerprint density at radius 3 is 2.73 bits per heavy atom. The normalized spacial score (nSPS) is 18.0. The highest BCUT2D eigenvalue weighted by molar-refractivity contribution is 6.04. The number of aromatic nitrogens is 1. The van der Waals surface area contributed by atoms with Crippen molar-refractivity contribution in [3.05, 3.63) is 54.4 Å². The number of piperidine rings is 1. The predicted octanol–water partition coefficient (Wildman–Crippen LogP) is 3.71. The summed E-state index contributed by atoms with van der Waals surface area (Å²) in [6.07, 6.45) is 7.05. The number of hydrogen-bond donors (Lipinski definition) is 1. The molecular weight excluding hydrogens is 274 g/mol. The molecule has 1 fully saturated rings. The van der Waals surface area contributed by atoms with E-state index >= 15 is 0 Å². The zero-order valence-electron chi connectivity index (χ0n) is 12.8. The highest BCUT2D eigenvalue weighted by Gasteiger charge is 2.18. The number of nitrogens with zero attached hydrogens (tertiary/aromatic N) is 2. The second kappa shape index (κ2) is 6.60. The molecule has 4 nitrogen and oxygen atoms in total. The molecule has 2 heterocycles. The van der Waals surface area contributed by atoms with Crippen molar-refractivity contribution in [2.45, 2.75) is 32.2 Å². The van der Waals surface area contributed by atoms with Crippen molar-refractivity contribution in [2.24, 2.45) is 0 Å². The number of hydrogen-bond acceptors (Lipinski definition) is 3. The van der Waals surface area contributed by atoms with Gasteiger partial charge < -0.3 is 10.2 Å². The molecular formula is C18H21N3O. The Kier molecular flexibility index (Phi) is 4.37. The van der Waals surface area contributed by atoms with Gasteiger partial charge >= 0.3 is 0 Å². The zero-order valence-corrected chi connectivity index (χ0v) is 12.8. The van der Waals surface area contributed by atoms with Gasteiger partial charge in [0, 0.05) is 36.4 Å². The van der Waals surface area contributed by atoms with Gasteiger partial charge in [-0.15, -0.1) is 0 Å². The van der Waals surface area contributed by atoms with Crippen LogP contribution in [0.25, 0.3) is 0 Å². The number of carbonyl (C=O) groups is 1. The average molecular weight is 295 g/mol. The van der Waals surface area contributed by atoms with Crippen LogP contribution in [0.1, 0.15) is 36.5 Å². The van der Waals surface area contributed by atoms with Gasteiger partial charge in [0.15, 0.2) is 0 Å². The Morgan fingerprint density at radius 1 is 1.23 bits per heavy atom. The van der Waals surface area contributed by atoms with Crippen LogP contribution in [0.2, 0.25) is 0 Å². The maximum absolute atomic E-state index is 12.1. The van der Waals surface area contributed by atoms with Crippen molar-refractivity contribution < 1.29 is 4.79 Å². The number of rotatable bonds is 3. The fourth-order valence-electron chi connectivity index (χ4n) is 2.92. The van der Waals surface area contributed by atoms with Crippen LogP contribution in [-0.4, -0.2) is 23.5 Å². The van der Waals surface area contributed by atoms with E-state index in [9.17, 15) is 4.79 Å². The standard InChI is InChI=1S/C18H21N3O/c1-14-5-2-3-12-21(14)17-9-7-16(8-10-17)20-18(22)15-6-4-11-19-13-15/h4,6-11,13-14H,2-3,5,12H2,1H3,(H,20,22). The van der Waals surface area contributed by atoms with E-state index in [0.29, 0.717) is 11.6 Å². The SMILES string of the molecule is CC1CCCCN1c1ccc(NC(=O)c2cccnc2)cc1. The minimum atomic E-state index is -0.132. The molecule has 2 aromatic rings. The fraction of sp³-hybridized carbons (Fsp3) is 0.333. The summed E-state index contributed by atoms with van der Waals surface area (Å²) in [6.45, 7) is 3.39. The van der Waals surface area contributed by atoms with Crippen molar-refractivity contribution >= 4 is 17.3 Å². The van der Waals surface area contributed by atoms with Crippen molar-refractivity contribution in [3.63, 3.8) is 0 Å². The zero-order chi connectivity index (χ0) is 15.4. The van der Waals surface area contributed by atoms with Gasteiger partial charge in [0.05, 0.1) is 5.56 Å². The van der Waals surface area contributed by atoms with Gasteiger partial charge in [-0.3, -0.25) is 9.78 Å². The molecule has 22 heavy (non-hydrogen) atoms. The summed E-state index contributed by atoms with van der Waals surface area (Å²) in [4.78, 5) is 18.5. The minimum absolute atomic E-state index is 0.132. The molecule has 1 saturated heterocycles. The Bertz CT molecular complexity index is 625. The van der Waals surface area contributed by atoms with Crippen LogP contribution >= 0.6 is 0 Å². The lowest BCUT2D eigenvalue weighted by atomic mass is 10.0.